The average Bonchev–Trinajstić information content (AvgIpc) is 3.11. The van der Waals surface area contributed by atoms with Crippen molar-refractivity contribution in [2.24, 2.45) is 0 Å². The second kappa shape index (κ2) is 10.8. The van der Waals surface area contributed by atoms with Gasteiger partial charge in [0.05, 0.1) is 6.61 Å². The van der Waals surface area contributed by atoms with Crippen molar-refractivity contribution in [1.29, 1.82) is 0 Å². The molecule has 0 aliphatic carbocycles. The Morgan fingerprint density at radius 1 is 0.968 bits per heavy atom. The molecule has 0 radical (unpaired) electrons. The van der Waals surface area contributed by atoms with Crippen molar-refractivity contribution in [2.45, 2.75) is 73.1 Å². The number of amides is 2. The summed E-state index contributed by atoms with van der Waals surface area (Å²) in [5.41, 5.74) is -0.113. The maximum absolute atomic E-state index is 13.1. The van der Waals surface area contributed by atoms with Crippen LogP contribution in [0.5, 0.6) is 0 Å². The Morgan fingerprint density at radius 2 is 1.48 bits per heavy atom. The van der Waals surface area contributed by atoms with Gasteiger partial charge in [0, 0.05) is 43.6 Å². The van der Waals surface area contributed by atoms with Crippen LogP contribution in [0.2, 0.25) is 0 Å². The first-order chi connectivity index (χ1) is 14.1. The highest BCUT2D eigenvalue weighted by molar-refractivity contribution is 5.98. The highest BCUT2D eigenvalue weighted by Crippen LogP contribution is 2.35. The number of nitrogens with zero attached hydrogens (tertiary/aromatic N) is 2. The number of rotatable bonds is 2. The van der Waals surface area contributed by atoms with Crippen LogP contribution >= 0.6 is 0 Å². The van der Waals surface area contributed by atoms with Gasteiger partial charge in [-0.3, -0.25) is 9.59 Å². The first kappa shape index (κ1) is 26.6. The van der Waals surface area contributed by atoms with Crippen LogP contribution in [0.4, 0.5) is 4.79 Å². The number of carbonyl (C=O) groups is 3. The van der Waals surface area contributed by atoms with E-state index >= 15 is 0 Å². The van der Waals surface area contributed by atoms with Crippen LogP contribution in [0.3, 0.4) is 0 Å². The largest absolute Gasteiger partial charge is 0.444 e. The van der Waals surface area contributed by atoms with Crippen molar-refractivity contribution in [2.75, 3.05) is 26.2 Å². The molecule has 2 heterocycles. The van der Waals surface area contributed by atoms with Crippen LogP contribution < -0.4 is 0 Å². The van der Waals surface area contributed by atoms with Crippen LogP contribution in [0.15, 0.2) is 24.3 Å². The van der Waals surface area contributed by atoms with Gasteiger partial charge in [0.25, 0.3) is 5.91 Å². The number of ketones is 1. The van der Waals surface area contributed by atoms with E-state index in [0.29, 0.717) is 50.2 Å². The lowest BCUT2D eigenvalue weighted by atomic mass is 9.98. The van der Waals surface area contributed by atoms with Crippen molar-refractivity contribution in [3.63, 3.8) is 0 Å². The summed E-state index contributed by atoms with van der Waals surface area (Å²) in [4.78, 5) is 40.2. The monoisotopic (exact) mass is 434 g/mol. The summed E-state index contributed by atoms with van der Waals surface area (Å²) < 4.78 is 11.4. The number of ether oxygens (including phenoxy) is 2. The van der Waals surface area contributed by atoms with Gasteiger partial charge < -0.3 is 19.3 Å². The van der Waals surface area contributed by atoms with E-state index in [1.165, 1.54) is 6.92 Å². The topological polar surface area (TPSA) is 76.2 Å². The Labute approximate surface area is 186 Å². The molecule has 31 heavy (non-hydrogen) atoms. The normalized spacial score (nSPS) is 17.4. The van der Waals surface area contributed by atoms with Crippen LogP contribution in [0, 0.1) is 0 Å². The quantitative estimate of drug-likeness (QED) is 0.628. The van der Waals surface area contributed by atoms with E-state index in [9.17, 15) is 14.4 Å². The van der Waals surface area contributed by atoms with E-state index in [-0.39, 0.29) is 25.2 Å². The summed E-state index contributed by atoms with van der Waals surface area (Å²) >= 11 is 0. The van der Waals surface area contributed by atoms with Crippen molar-refractivity contribution in [3.05, 3.63) is 35.4 Å². The van der Waals surface area contributed by atoms with Gasteiger partial charge >= 0.3 is 6.09 Å². The average molecular weight is 435 g/mol. The molecule has 1 aromatic rings. The lowest BCUT2D eigenvalue weighted by Gasteiger charge is -2.43. The molecule has 1 aromatic carbocycles. The first-order valence-electron chi connectivity index (χ1n) is 10.7. The van der Waals surface area contributed by atoms with Crippen LogP contribution in [-0.4, -0.2) is 65.2 Å². The smallest absolute Gasteiger partial charge is 0.410 e. The van der Waals surface area contributed by atoms with Gasteiger partial charge in [0.1, 0.15) is 11.3 Å². The molecule has 2 aliphatic heterocycles. The second-order valence-electron chi connectivity index (χ2n) is 8.35. The van der Waals surface area contributed by atoms with Gasteiger partial charge in [0.2, 0.25) is 0 Å². The maximum Gasteiger partial charge on any atom is 0.410 e. The highest BCUT2D eigenvalue weighted by Gasteiger charge is 2.48. The van der Waals surface area contributed by atoms with Gasteiger partial charge in [-0.25, -0.2) is 4.79 Å². The zero-order chi connectivity index (χ0) is 22.5. The molecule has 3 rings (SSSR count). The van der Waals surface area contributed by atoms with Crippen LogP contribution in [0.25, 0.3) is 0 Å². The summed E-state index contributed by atoms with van der Waals surface area (Å²) in [7, 11) is 0. The number of likely N-dealkylation sites (tertiary alicyclic amines) is 1. The third-order valence-corrected chi connectivity index (χ3v) is 5.16. The van der Waals surface area contributed by atoms with E-state index in [1.807, 2.05) is 34.6 Å². The summed E-state index contributed by atoms with van der Waals surface area (Å²) in [6.07, 6.45) is 0.755. The SMILES string of the molecule is C.CC.CC(=O)c1ccc(C(=O)N2CCOC23CCN(C(=O)OC(C)(C)C)CC3)cc1. The molecule has 2 fully saturated rings. The Balaban J connectivity index is 0.00000156. The van der Waals surface area contributed by atoms with E-state index in [1.54, 1.807) is 34.1 Å². The van der Waals surface area contributed by atoms with Crippen LogP contribution in [0.1, 0.15) is 82.5 Å². The lowest BCUT2D eigenvalue weighted by molar-refractivity contribution is -0.104. The van der Waals surface area contributed by atoms with Crippen molar-refractivity contribution in [3.8, 4) is 0 Å². The first-order valence-corrected chi connectivity index (χ1v) is 10.7. The summed E-state index contributed by atoms with van der Waals surface area (Å²) in [5, 5.41) is 0. The van der Waals surface area contributed by atoms with Gasteiger partial charge in [-0.2, -0.15) is 0 Å². The van der Waals surface area contributed by atoms with Gasteiger partial charge in [-0.1, -0.05) is 33.4 Å². The van der Waals surface area contributed by atoms with Crippen molar-refractivity contribution >= 4 is 17.8 Å². The minimum Gasteiger partial charge on any atom is -0.444 e. The Kier molecular flexibility index (Phi) is 9.24. The Hall–Kier alpha value is -2.41. The second-order valence-corrected chi connectivity index (χ2v) is 8.35. The molecule has 0 N–H and O–H groups in total. The van der Waals surface area contributed by atoms with E-state index in [4.69, 9.17) is 9.47 Å². The predicted octanol–water partition coefficient (Wildman–Crippen LogP) is 4.75. The molecule has 1 spiro atoms. The number of hydrogen-bond acceptors (Lipinski definition) is 5. The summed E-state index contributed by atoms with van der Waals surface area (Å²) in [6.45, 7) is 13.0. The molecule has 7 heteroatoms. The molecule has 0 unspecified atom stereocenters. The summed E-state index contributed by atoms with van der Waals surface area (Å²) in [5.74, 6) is -0.146. The molecule has 7 nitrogen and oxygen atoms in total. The number of carbonyl (C=O) groups excluding carboxylic acids is 3. The number of benzene rings is 1. The zero-order valence-electron chi connectivity index (χ0n) is 19.0. The molecule has 0 bridgehead atoms. The lowest BCUT2D eigenvalue weighted by Crippen LogP contribution is -2.56. The highest BCUT2D eigenvalue weighted by atomic mass is 16.6. The third kappa shape index (κ3) is 6.29. The van der Waals surface area contributed by atoms with E-state index in [0.717, 1.165) is 0 Å². The van der Waals surface area contributed by atoms with Crippen LogP contribution in [-0.2, 0) is 9.47 Å². The number of piperidine rings is 1. The molecule has 0 atom stereocenters. The molecule has 174 valence electrons. The molecule has 2 amide bonds. The molecule has 2 saturated heterocycles. The predicted molar refractivity (Wildman–Crippen MR) is 121 cm³/mol. The molecule has 0 aromatic heterocycles. The standard InChI is InChI=1S/C21H28N2O5.C2H6.CH4/c1-15(24)16-5-7-17(8-6-16)18(25)23-13-14-27-21(23)9-11-22(12-10-21)19(26)28-20(2,3)4;1-2;/h5-8H,9-14H2,1-4H3;1-2H3;1H4. The number of Topliss-reactive ketones (excluding diaryl/α,β-unsaturated/α-hetero) is 1. The Bertz CT molecular complexity index is 759. The summed E-state index contributed by atoms with van der Waals surface area (Å²) in [6, 6.07) is 6.70. The maximum atomic E-state index is 13.1. The van der Waals surface area contributed by atoms with Gasteiger partial charge in [-0.05, 0) is 39.8 Å². The Morgan fingerprint density at radius 3 is 1.97 bits per heavy atom. The zero-order valence-corrected chi connectivity index (χ0v) is 19.0. The molecule has 2 aliphatic rings. The minimum atomic E-state index is -0.686. The minimum absolute atomic E-state index is 0. The molecular formula is C24H38N2O5. The fourth-order valence-electron chi connectivity index (χ4n) is 3.68. The van der Waals surface area contributed by atoms with E-state index in [2.05, 4.69) is 0 Å². The fraction of sp³-hybridized carbons (Fsp3) is 0.625. The third-order valence-electron chi connectivity index (χ3n) is 5.16. The molecular weight excluding hydrogens is 396 g/mol. The number of hydrogen-bond donors (Lipinski definition) is 0. The fourth-order valence-corrected chi connectivity index (χ4v) is 3.68. The molecule has 0 saturated carbocycles. The van der Waals surface area contributed by atoms with E-state index < -0.39 is 11.3 Å². The van der Waals surface area contributed by atoms with Crippen molar-refractivity contribution in [1.82, 2.24) is 9.80 Å². The van der Waals surface area contributed by atoms with Crippen molar-refractivity contribution < 1.29 is 23.9 Å². The van der Waals surface area contributed by atoms with Gasteiger partial charge in [0.15, 0.2) is 5.78 Å². The van der Waals surface area contributed by atoms with Gasteiger partial charge in [-0.15, -0.1) is 0 Å².